The van der Waals surface area contributed by atoms with Crippen LogP contribution in [0.4, 0.5) is 23.0 Å². The maximum atomic E-state index is 14.1. The minimum atomic E-state index is -1.12. The molecule has 1 atom stereocenters. The number of rotatable bonds is 7. The summed E-state index contributed by atoms with van der Waals surface area (Å²) in [6, 6.07) is 10.7. The van der Waals surface area contributed by atoms with Crippen LogP contribution in [0.1, 0.15) is 66.3 Å². The van der Waals surface area contributed by atoms with Gasteiger partial charge in [-0.3, -0.25) is 19.4 Å². The van der Waals surface area contributed by atoms with Gasteiger partial charge in [0.05, 0.1) is 36.7 Å². The first-order chi connectivity index (χ1) is 24.8. The number of amides is 1. The minimum absolute atomic E-state index is 0.0777. The number of ether oxygens (including phenoxy) is 1. The molecule has 7 heterocycles. The Balaban J connectivity index is 1.01. The maximum absolute atomic E-state index is 14.1. The molecule has 2 N–H and O–H groups in total. The smallest absolute Gasteiger partial charge is 0.276 e. The molecule has 9 rings (SSSR count). The number of carbonyl (C=O) groups excluding carboxylic acids is 1. The fraction of sp³-hybridized carbons (Fsp3) is 0.487. The molecule has 0 spiro atoms. The van der Waals surface area contributed by atoms with E-state index in [9.17, 15) is 14.7 Å². The van der Waals surface area contributed by atoms with Crippen LogP contribution in [-0.2, 0) is 36.8 Å². The van der Waals surface area contributed by atoms with Crippen molar-refractivity contribution < 1.29 is 14.6 Å². The van der Waals surface area contributed by atoms with Crippen molar-refractivity contribution in [3.8, 4) is 11.1 Å². The van der Waals surface area contributed by atoms with Crippen molar-refractivity contribution in [1.29, 1.82) is 0 Å². The monoisotopic (exact) mass is 690 g/mol. The van der Waals surface area contributed by atoms with E-state index in [2.05, 4.69) is 38.7 Å². The number of hydrogen-bond acceptors (Lipinski definition) is 9. The molecule has 12 heteroatoms. The maximum Gasteiger partial charge on any atom is 0.276 e. The van der Waals surface area contributed by atoms with Crippen LogP contribution in [0, 0.1) is 0 Å². The van der Waals surface area contributed by atoms with Crippen LogP contribution in [0.3, 0.4) is 0 Å². The molecule has 0 radical (unpaired) electrons. The van der Waals surface area contributed by atoms with E-state index in [1.54, 1.807) is 28.9 Å². The van der Waals surface area contributed by atoms with Crippen LogP contribution >= 0.6 is 0 Å². The van der Waals surface area contributed by atoms with Gasteiger partial charge in [0.2, 0.25) is 0 Å². The van der Waals surface area contributed by atoms with E-state index in [0.717, 1.165) is 81.8 Å². The molecule has 4 aromatic rings. The van der Waals surface area contributed by atoms with Crippen molar-refractivity contribution in [3.05, 3.63) is 81.8 Å². The normalized spacial score (nSPS) is 21.9. The zero-order valence-electron chi connectivity index (χ0n) is 29.5. The van der Waals surface area contributed by atoms with E-state index in [-0.39, 0.29) is 11.5 Å². The predicted octanol–water partition coefficient (Wildman–Crippen LogP) is 4.21. The number of nitrogens with one attached hydrogen (secondary N) is 1. The summed E-state index contributed by atoms with van der Waals surface area (Å²) in [7, 11) is 1.73. The van der Waals surface area contributed by atoms with Crippen molar-refractivity contribution >= 4 is 28.9 Å². The lowest BCUT2D eigenvalue weighted by Gasteiger charge is -2.46. The number of fused-ring (bicyclic) bond motifs is 3. The highest BCUT2D eigenvalue weighted by molar-refractivity contribution is 6.06. The number of nitrogens with zero attached hydrogens (tertiary/aromatic N) is 7. The van der Waals surface area contributed by atoms with Crippen molar-refractivity contribution in [1.82, 2.24) is 24.0 Å². The molecule has 1 amide bonds. The molecule has 3 aliphatic heterocycles. The Hall–Kier alpha value is -4.52. The number of aliphatic hydroxyl groups is 1. The lowest BCUT2D eigenvalue weighted by molar-refractivity contribution is -0.0691. The summed E-state index contributed by atoms with van der Waals surface area (Å²) in [5.74, 6) is 0.997. The molecule has 266 valence electrons. The second-order valence-electron chi connectivity index (χ2n) is 15.1. The second-order valence-corrected chi connectivity index (χ2v) is 15.1. The molecule has 2 saturated heterocycles. The Bertz CT molecular complexity index is 2050. The second kappa shape index (κ2) is 12.6. The van der Waals surface area contributed by atoms with Gasteiger partial charge in [-0.15, -0.1) is 0 Å². The summed E-state index contributed by atoms with van der Waals surface area (Å²) in [6.45, 7) is 8.00. The molecule has 3 fully saturated rings. The van der Waals surface area contributed by atoms with Crippen molar-refractivity contribution in [2.24, 2.45) is 7.05 Å². The van der Waals surface area contributed by atoms with Crippen LogP contribution in [0.15, 0.2) is 53.7 Å². The van der Waals surface area contributed by atoms with Gasteiger partial charge in [0.25, 0.3) is 11.5 Å². The zero-order chi connectivity index (χ0) is 34.9. The van der Waals surface area contributed by atoms with Gasteiger partial charge in [0.15, 0.2) is 0 Å². The summed E-state index contributed by atoms with van der Waals surface area (Å²) >= 11 is 0. The summed E-state index contributed by atoms with van der Waals surface area (Å²) in [5.41, 5.74) is 5.58. The van der Waals surface area contributed by atoms with Gasteiger partial charge in [0.1, 0.15) is 23.0 Å². The van der Waals surface area contributed by atoms with E-state index in [1.807, 2.05) is 24.4 Å². The highest BCUT2D eigenvalue weighted by Gasteiger charge is 2.43. The molecule has 12 nitrogen and oxygen atoms in total. The largest absolute Gasteiger partial charge is 0.385 e. The van der Waals surface area contributed by atoms with Crippen molar-refractivity contribution in [2.75, 3.05) is 54.5 Å². The third-order valence-electron chi connectivity index (χ3n) is 11.9. The summed E-state index contributed by atoms with van der Waals surface area (Å²) in [4.78, 5) is 43.8. The molecule has 51 heavy (non-hydrogen) atoms. The molecule has 0 unspecified atom stereocenters. The molecular weight excluding hydrogens is 644 g/mol. The van der Waals surface area contributed by atoms with E-state index in [0.29, 0.717) is 66.6 Å². The van der Waals surface area contributed by atoms with E-state index < -0.39 is 5.60 Å². The Morgan fingerprint density at radius 3 is 2.55 bits per heavy atom. The van der Waals surface area contributed by atoms with Gasteiger partial charge < -0.3 is 29.2 Å². The molecule has 2 aliphatic carbocycles. The molecule has 0 bridgehead atoms. The Morgan fingerprint density at radius 2 is 1.82 bits per heavy atom. The van der Waals surface area contributed by atoms with E-state index in [4.69, 9.17) is 14.7 Å². The van der Waals surface area contributed by atoms with Gasteiger partial charge in [-0.25, -0.2) is 9.97 Å². The number of carbonyl (C=O) groups is 1. The standard InChI is InChI=1S/C39H46N8O4/c1-25-21-44(29-23-51-24-29)14-15-45(25)28-8-9-34(41-20-28)42-31-18-27(22-43(2)37(31)48)30-10-13-40-36(35(30)39(50)11-5-12-39)47-17-16-46-32-7-4-3-6-26(32)19-33(46)38(47)49/h8-10,13,18-20,22,25,29,50H,3-7,11-12,14-17,21,23-24H2,1-2H3,(H,41,42)/t25-/m0/s1. The van der Waals surface area contributed by atoms with Crippen molar-refractivity contribution in [3.63, 3.8) is 0 Å². The lowest BCUT2D eigenvalue weighted by Crippen LogP contribution is -2.59. The first-order valence-corrected chi connectivity index (χ1v) is 18.5. The van der Waals surface area contributed by atoms with Crippen LogP contribution in [0.25, 0.3) is 11.1 Å². The number of aromatic nitrogens is 4. The van der Waals surface area contributed by atoms with Crippen LogP contribution in [0.5, 0.6) is 0 Å². The van der Waals surface area contributed by atoms with Gasteiger partial charge in [-0.1, -0.05) is 0 Å². The Kier molecular flexibility index (Phi) is 8.01. The topological polar surface area (TPSA) is 121 Å². The first-order valence-electron chi connectivity index (χ1n) is 18.5. The average Bonchev–Trinajstić information content (AvgIpc) is 3.49. The van der Waals surface area contributed by atoms with Crippen LogP contribution < -0.4 is 20.7 Å². The molecule has 0 aromatic carbocycles. The number of pyridine rings is 3. The molecule has 5 aliphatic rings. The summed E-state index contributed by atoms with van der Waals surface area (Å²) < 4.78 is 9.16. The third kappa shape index (κ3) is 5.55. The van der Waals surface area contributed by atoms with Gasteiger partial charge in [-0.05, 0) is 93.3 Å². The fourth-order valence-electron chi connectivity index (χ4n) is 8.81. The third-order valence-corrected chi connectivity index (χ3v) is 11.9. The number of hydrogen-bond donors (Lipinski definition) is 2. The first kappa shape index (κ1) is 32.4. The molecule has 1 saturated carbocycles. The zero-order valence-corrected chi connectivity index (χ0v) is 29.5. The number of anilines is 4. The highest BCUT2D eigenvalue weighted by atomic mass is 16.5. The number of piperazine rings is 1. The Labute approximate surface area is 297 Å². The molecular formula is C39H46N8O4. The lowest BCUT2D eigenvalue weighted by atomic mass is 9.72. The molecule has 4 aromatic heterocycles. The van der Waals surface area contributed by atoms with Crippen molar-refractivity contribution in [2.45, 2.75) is 76.1 Å². The number of aryl methyl sites for hydroxylation is 2. The summed E-state index contributed by atoms with van der Waals surface area (Å²) in [6.07, 6.45) is 11.8. The summed E-state index contributed by atoms with van der Waals surface area (Å²) in [5, 5.41) is 15.3. The van der Waals surface area contributed by atoms with Crippen LogP contribution in [0.2, 0.25) is 0 Å². The van der Waals surface area contributed by atoms with Crippen LogP contribution in [-0.4, -0.2) is 86.5 Å². The fourth-order valence-corrected chi connectivity index (χ4v) is 8.81. The predicted molar refractivity (Wildman–Crippen MR) is 196 cm³/mol. The van der Waals surface area contributed by atoms with E-state index >= 15 is 0 Å². The Morgan fingerprint density at radius 1 is 0.980 bits per heavy atom. The van der Waals surface area contributed by atoms with Gasteiger partial charge in [0, 0.05) is 75.0 Å². The van der Waals surface area contributed by atoms with Gasteiger partial charge >= 0.3 is 0 Å². The minimum Gasteiger partial charge on any atom is -0.385 e. The highest BCUT2D eigenvalue weighted by Crippen LogP contribution is 2.49. The quantitative estimate of drug-likeness (QED) is 0.294. The average molecular weight is 691 g/mol. The SMILES string of the molecule is C[C@H]1CN(C2COC2)CCN1c1ccc(Nc2cc(-c3ccnc(N4CCn5c(cc6c5CCCC6)C4=O)c3C3(O)CCC3)cn(C)c2=O)nc1. The van der Waals surface area contributed by atoms with Gasteiger partial charge in [-0.2, -0.15) is 0 Å². The van der Waals surface area contributed by atoms with E-state index in [1.165, 1.54) is 11.3 Å².